The third kappa shape index (κ3) is 3.55. The maximum atomic E-state index is 10.9. The van der Waals surface area contributed by atoms with Gasteiger partial charge in [0.2, 0.25) is 0 Å². The molecular formula is C10H12BrNO4. The second-order valence-electron chi connectivity index (χ2n) is 3.21. The molecular weight excluding hydrogens is 278 g/mol. The van der Waals surface area contributed by atoms with Crippen LogP contribution in [-0.2, 0) is 9.53 Å². The topological polar surface area (TPSA) is 79.7 Å². The summed E-state index contributed by atoms with van der Waals surface area (Å²) in [5.41, 5.74) is 0.444. The maximum absolute atomic E-state index is 10.9. The Kier molecular flexibility index (Phi) is 4.85. The Morgan fingerprint density at radius 3 is 2.75 bits per heavy atom. The molecule has 0 saturated carbocycles. The van der Waals surface area contributed by atoms with Gasteiger partial charge in [-0.3, -0.25) is 4.79 Å². The Morgan fingerprint density at radius 2 is 2.25 bits per heavy atom. The van der Waals surface area contributed by atoms with E-state index in [2.05, 4.69) is 25.7 Å². The lowest BCUT2D eigenvalue weighted by molar-refractivity contribution is -0.144. The van der Waals surface area contributed by atoms with E-state index in [0.717, 1.165) is 0 Å². The van der Waals surface area contributed by atoms with Gasteiger partial charge in [0, 0.05) is 11.8 Å². The standard InChI is InChI=1S/C10H12BrNO4/c1-16-9(14)4-7(13)10(15)6-2-3-8(11)12-5-6/h2-3,5,7,10,13,15H,4H2,1H3. The highest BCUT2D eigenvalue weighted by atomic mass is 79.9. The highest BCUT2D eigenvalue weighted by Gasteiger charge is 2.21. The molecule has 0 aliphatic heterocycles. The van der Waals surface area contributed by atoms with Crippen molar-refractivity contribution >= 4 is 21.9 Å². The number of methoxy groups -OCH3 is 1. The van der Waals surface area contributed by atoms with E-state index >= 15 is 0 Å². The van der Waals surface area contributed by atoms with Gasteiger partial charge in [-0.1, -0.05) is 6.07 Å². The lowest BCUT2D eigenvalue weighted by atomic mass is 10.0. The normalized spacial score (nSPS) is 14.2. The number of hydrogen-bond donors (Lipinski definition) is 2. The van der Waals surface area contributed by atoms with Crippen molar-refractivity contribution in [3.63, 3.8) is 0 Å². The number of nitrogens with zero attached hydrogens (tertiary/aromatic N) is 1. The first-order valence-corrected chi connectivity index (χ1v) is 5.38. The first-order valence-electron chi connectivity index (χ1n) is 4.59. The van der Waals surface area contributed by atoms with E-state index < -0.39 is 18.2 Å². The molecule has 0 aliphatic carbocycles. The van der Waals surface area contributed by atoms with Crippen LogP contribution in [0.15, 0.2) is 22.9 Å². The highest BCUT2D eigenvalue weighted by Crippen LogP contribution is 2.19. The number of esters is 1. The van der Waals surface area contributed by atoms with Gasteiger partial charge in [0.05, 0.1) is 19.6 Å². The predicted octanol–water partition coefficient (Wildman–Crippen LogP) is 0.801. The number of carbonyl (C=O) groups excluding carboxylic acids is 1. The Balaban J connectivity index is 2.66. The Hall–Kier alpha value is -0.980. The third-order valence-electron chi connectivity index (χ3n) is 2.06. The molecule has 1 aromatic rings. The van der Waals surface area contributed by atoms with Crippen molar-refractivity contribution in [3.8, 4) is 0 Å². The lowest BCUT2D eigenvalue weighted by Crippen LogP contribution is -2.22. The number of aliphatic hydroxyl groups excluding tert-OH is 2. The van der Waals surface area contributed by atoms with E-state index in [9.17, 15) is 15.0 Å². The third-order valence-corrected chi connectivity index (χ3v) is 2.53. The van der Waals surface area contributed by atoms with Gasteiger partial charge < -0.3 is 14.9 Å². The zero-order valence-electron chi connectivity index (χ0n) is 8.63. The van der Waals surface area contributed by atoms with E-state index in [0.29, 0.717) is 10.2 Å². The molecule has 16 heavy (non-hydrogen) atoms. The minimum absolute atomic E-state index is 0.256. The van der Waals surface area contributed by atoms with Gasteiger partial charge in [-0.15, -0.1) is 0 Å². The van der Waals surface area contributed by atoms with Crippen LogP contribution in [0.1, 0.15) is 18.1 Å². The molecule has 1 heterocycles. The number of aromatic nitrogens is 1. The van der Waals surface area contributed by atoms with E-state index in [1.165, 1.54) is 13.3 Å². The van der Waals surface area contributed by atoms with Gasteiger partial charge in [0.15, 0.2) is 0 Å². The fourth-order valence-corrected chi connectivity index (χ4v) is 1.38. The van der Waals surface area contributed by atoms with E-state index in [-0.39, 0.29) is 6.42 Å². The quantitative estimate of drug-likeness (QED) is 0.633. The molecule has 0 amide bonds. The van der Waals surface area contributed by atoms with Gasteiger partial charge >= 0.3 is 5.97 Å². The first-order chi connectivity index (χ1) is 7.54. The summed E-state index contributed by atoms with van der Waals surface area (Å²) >= 11 is 3.15. The second kappa shape index (κ2) is 5.93. The van der Waals surface area contributed by atoms with E-state index in [1.54, 1.807) is 12.1 Å². The minimum atomic E-state index is -1.20. The van der Waals surface area contributed by atoms with Crippen LogP contribution in [0.25, 0.3) is 0 Å². The number of rotatable bonds is 4. The number of aliphatic hydroxyl groups is 2. The molecule has 0 aliphatic rings. The van der Waals surface area contributed by atoms with Gasteiger partial charge in [-0.05, 0) is 22.0 Å². The van der Waals surface area contributed by atoms with Crippen molar-refractivity contribution in [1.29, 1.82) is 0 Å². The number of hydrogen-bond acceptors (Lipinski definition) is 5. The fourth-order valence-electron chi connectivity index (χ4n) is 1.15. The van der Waals surface area contributed by atoms with Crippen molar-refractivity contribution < 1.29 is 19.7 Å². The minimum Gasteiger partial charge on any atom is -0.469 e. The van der Waals surface area contributed by atoms with Crippen LogP contribution < -0.4 is 0 Å². The summed E-state index contributed by atoms with van der Waals surface area (Å²) in [6.07, 6.45) is -1.18. The van der Waals surface area contributed by atoms with Crippen molar-refractivity contribution in [2.75, 3.05) is 7.11 Å². The molecule has 0 fully saturated rings. The number of pyridine rings is 1. The Bertz CT molecular complexity index is 354. The average Bonchev–Trinajstić information content (AvgIpc) is 2.28. The highest BCUT2D eigenvalue weighted by molar-refractivity contribution is 9.10. The summed E-state index contributed by atoms with van der Waals surface area (Å²) in [4.78, 5) is 14.8. The summed E-state index contributed by atoms with van der Waals surface area (Å²) in [7, 11) is 1.22. The van der Waals surface area contributed by atoms with Crippen LogP contribution in [0, 0.1) is 0 Å². The van der Waals surface area contributed by atoms with Gasteiger partial charge in [0.1, 0.15) is 10.7 Å². The monoisotopic (exact) mass is 289 g/mol. The molecule has 88 valence electrons. The summed E-state index contributed by atoms with van der Waals surface area (Å²) in [6.45, 7) is 0. The molecule has 1 rings (SSSR count). The molecule has 0 spiro atoms. The summed E-state index contributed by atoms with van der Waals surface area (Å²) < 4.78 is 5.02. The van der Waals surface area contributed by atoms with Crippen LogP contribution in [0.2, 0.25) is 0 Å². The molecule has 2 N–H and O–H groups in total. The molecule has 0 radical (unpaired) electrons. The summed E-state index contributed by atoms with van der Waals surface area (Å²) in [6, 6.07) is 3.26. The van der Waals surface area contributed by atoms with Crippen LogP contribution in [0.4, 0.5) is 0 Å². The molecule has 0 aromatic carbocycles. The average molecular weight is 290 g/mol. The van der Waals surface area contributed by atoms with Crippen molar-refractivity contribution in [1.82, 2.24) is 4.98 Å². The Morgan fingerprint density at radius 1 is 1.56 bits per heavy atom. The van der Waals surface area contributed by atoms with Crippen molar-refractivity contribution in [2.45, 2.75) is 18.6 Å². The smallest absolute Gasteiger partial charge is 0.308 e. The molecule has 6 heteroatoms. The number of carbonyl (C=O) groups is 1. The summed E-state index contributed by atoms with van der Waals surface area (Å²) in [5.74, 6) is -0.573. The van der Waals surface area contributed by atoms with Crippen LogP contribution in [-0.4, -0.2) is 34.4 Å². The molecule has 5 nitrogen and oxygen atoms in total. The SMILES string of the molecule is COC(=O)CC(O)C(O)c1ccc(Br)nc1. The zero-order valence-corrected chi connectivity index (χ0v) is 10.2. The molecule has 0 saturated heterocycles. The van der Waals surface area contributed by atoms with Crippen LogP contribution in [0.3, 0.4) is 0 Å². The molecule has 2 unspecified atom stereocenters. The molecule has 2 atom stereocenters. The first kappa shape index (κ1) is 13.1. The zero-order chi connectivity index (χ0) is 12.1. The number of ether oxygens (including phenoxy) is 1. The largest absolute Gasteiger partial charge is 0.469 e. The van der Waals surface area contributed by atoms with Crippen LogP contribution >= 0.6 is 15.9 Å². The predicted molar refractivity (Wildman–Crippen MR) is 59.5 cm³/mol. The van der Waals surface area contributed by atoms with Crippen LogP contribution in [0.5, 0.6) is 0 Å². The molecule has 0 bridgehead atoms. The van der Waals surface area contributed by atoms with Crippen molar-refractivity contribution in [2.24, 2.45) is 0 Å². The Labute approximate surface area is 101 Å². The summed E-state index contributed by atoms with van der Waals surface area (Å²) in [5, 5.41) is 19.3. The van der Waals surface area contributed by atoms with Gasteiger partial charge in [-0.2, -0.15) is 0 Å². The van der Waals surface area contributed by atoms with Gasteiger partial charge in [0.25, 0.3) is 0 Å². The second-order valence-corrected chi connectivity index (χ2v) is 4.02. The van der Waals surface area contributed by atoms with Gasteiger partial charge in [-0.25, -0.2) is 4.98 Å². The molecule has 1 aromatic heterocycles. The van der Waals surface area contributed by atoms with E-state index in [1.807, 2.05) is 0 Å². The van der Waals surface area contributed by atoms with E-state index in [4.69, 9.17) is 0 Å². The van der Waals surface area contributed by atoms with Crippen molar-refractivity contribution in [3.05, 3.63) is 28.5 Å². The maximum Gasteiger partial charge on any atom is 0.308 e. The fraction of sp³-hybridized carbons (Fsp3) is 0.400. The lowest BCUT2D eigenvalue weighted by Gasteiger charge is -2.16. The number of halogens is 1.